The van der Waals surface area contributed by atoms with Crippen molar-refractivity contribution in [2.45, 2.75) is 18.1 Å². The van der Waals surface area contributed by atoms with Crippen molar-refractivity contribution in [1.82, 2.24) is 24.1 Å². The Morgan fingerprint density at radius 3 is 2.87 bits per heavy atom. The summed E-state index contributed by atoms with van der Waals surface area (Å²) in [4.78, 5) is 40.3. The van der Waals surface area contributed by atoms with Crippen LogP contribution < -0.4 is 16.6 Å². The molecule has 12 heteroatoms. The molecule has 1 aromatic carbocycles. The summed E-state index contributed by atoms with van der Waals surface area (Å²) >= 11 is 2.40. The Morgan fingerprint density at radius 2 is 2.10 bits per heavy atom. The van der Waals surface area contributed by atoms with Crippen LogP contribution >= 0.6 is 23.1 Å². The molecule has 4 rings (SSSR count). The number of thioether (sulfide) groups is 1. The molecule has 0 saturated heterocycles. The Morgan fingerprint density at radius 1 is 1.29 bits per heavy atom. The predicted molar refractivity (Wildman–Crippen MR) is 119 cm³/mol. The number of allylic oxidation sites excluding steroid dienone is 1. The second kappa shape index (κ2) is 8.70. The highest BCUT2D eigenvalue weighted by molar-refractivity contribution is 7.99. The highest BCUT2D eigenvalue weighted by Crippen LogP contribution is 2.22. The standard InChI is InChI=1S/C19H17N7O3S2/c1-2-7-25-16(29)12-5-3-4-6-13(12)26-18(25)23-24-19(26)31-10-15(28)22-17-21-11(9-30-17)8-14(20)27/h2-6,9H,1,7-8,10H2,(H2,20,27)(H,21,22,28). The lowest BCUT2D eigenvalue weighted by molar-refractivity contribution is -0.117. The average molecular weight is 456 g/mol. The second-order valence-corrected chi connectivity index (χ2v) is 8.26. The normalized spacial score (nSPS) is 11.1. The number of thiazole rings is 1. The van der Waals surface area contributed by atoms with Gasteiger partial charge in [-0.2, -0.15) is 0 Å². The maximum atomic E-state index is 12.8. The lowest BCUT2D eigenvalue weighted by Crippen LogP contribution is -2.22. The zero-order valence-electron chi connectivity index (χ0n) is 16.1. The van der Waals surface area contributed by atoms with Crippen LogP contribution in [0.3, 0.4) is 0 Å². The number of fused-ring (bicyclic) bond motifs is 3. The van der Waals surface area contributed by atoms with E-state index >= 15 is 0 Å². The average Bonchev–Trinajstić information content (AvgIpc) is 3.36. The third-order valence-corrected chi connectivity index (χ3v) is 6.01. The van der Waals surface area contributed by atoms with Crippen molar-refractivity contribution in [2.24, 2.45) is 5.73 Å². The molecule has 4 aromatic rings. The number of anilines is 1. The van der Waals surface area contributed by atoms with E-state index in [4.69, 9.17) is 5.73 Å². The second-order valence-electron chi connectivity index (χ2n) is 6.46. The highest BCUT2D eigenvalue weighted by atomic mass is 32.2. The Balaban J connectivity index is 1.58. The van der Waals surface area contributed by atoms with Gasteiger partial charge in [0.05, 0.1) is 28.8 Å². The van der Waals surface area contributed by atoms with Gasteiger partial charge in [0.1, 0.15) is 0 Å². The van der Waals surface area contributed by atoms with E-state index in [0.717, 1.165) is 0 Å². The number of primary amides is 1. The summed E-state index contributed by atoms with van der Waals surface area (Å²) in [7, 11) is 0. The summed E-state index contributed by atoms with van der Waals surface area (Å²) in [6.07, 6.45) is 1.64. The molecule has 31 heavy (non-hydrogen) atoms. The largest absolute Gasteiger partial charge is 0.369 e. The molecule has 0 radical (unpaired) electrons. The fourth-order valence-corrected chi connectivity index (χ4v) is 4.50. The van der Waals surface area contributed by atoms with Crippen LogP contribution in [0.25, 0.3) is 16.7 Å². The number of amides is 2. The number of hydrogen-bond donors (Lipinski definition) is 2. The Hall–Kier alpha value is -3.51. The monoisotopic (exact) mass is 455 g/mol. The first-order valence-electron chi connectivity index (χ1n) is 9.11. The van der Waals surface area contributed by atoms with Gasteiger partial charge in [0, 0.05) is 11.9 Å². The third kappa shape index (κ3) is 4.20. The van der Waals surface area contributed by atoms with Gasteiger partial charge < -0.3 is 11.1 Å². The van der Waals surface area contributed by atoms with E-state index in [1.54, 1.807) is 28.0 Å². The quantitative estimate of drug-likeness (QED) is 0.303. The zero-order chi connectivity index (χ0) is 22.0. The molecule has 0 aliphatic carbocycles. The van der Waals surface area contributed by atoms with Crippen molar-refractivity contribution in [3.05, 3.63) is 58.3 Å². The van der Waals surface area contributed by atoms with Crippen LogP contribution in [0.1, 0.15) is 5.69 Å². The minimum Gasteiger partial charge on any atom is -0.369 e. The van der Waals surface area contributed by atoms with Gasteiger partial charge in [-0.15, -0.1) is 28.1 Å². The number of carbonyl (C=O) groups is 2. The minimum atomic E-state index is -0.487. The fraction of sp³-hybridized carbons (Fsp3) is 0.158. The number of aromatic nitrogens is 5. The van der Waals surface area contributed by atoms with Crippen molar-refractivity contribution in [3.63, 3.8) is 0 Å². The molecular weight excluding hydrogens is 438 g/mol. The number of hydrogen-bond acceptors (Lipinski definition) is 8. The highest BCUT2D eigenvalue weighted by Gasteiger charge is 2.17. The van der Waals surface area contributed by atoms with Crippen LogP contribution in [0.5, 0.6) is 0 Å². The number of rotatable bonds is 8. The van der Waals surface area contributed by atoms with Crippen LogP contribution in [-0.2, 0) is 22.6 Å². The summed E-state index contributed by atoms with van der Waals surface area (Å²) in [5.74, 6) is -0.340. The lowest BCUT2D eigenvalue weighted by Gasteiger charge is -2.09. The van der Waals surface area contributed by atoms with E-state index < -0.39 is 5.91 Å². The first kappa shape index (κ1) is 20.8. The van der Waals surface area contributed by atoms with E-state index in [1.807, 2.05) is 12.1 Å². The SMILES string of the molecule is C=CCn1c(=O)c2ccccc2n2c(SCC(=O)Nc3nc(CC(N)=O)cs3)nnc12. The van der Waals surface area contributed by atoms with E-state index in [2.05, 4.69) is 27.1 Å². The van der Waals surface area contributed by atoms with Crippen molar-refractivity contribution in [1.29, 1.82) is 0 Å². The van der Waals surface area contributed by atoms with Gasteiger partial charge in [0.25, 0.3) is 5.56 Å². The smallest absolute Gasteiger partial charge is 0.263 e. The van der Waals surface area contributed by atoms with Crippen LogP contribution in [0.15, 0.2) is 52.3 Å². The molecule has 0 fully saturated rings. The Labute approximate surface area is 183 Å². The van der Waals surface area contributed by atoms with Crippen molar-refractivity contribution in [3.8, 4) is 0 Å². The van der Waals surface area contributed by atoms with E-state index in [-0.39, 0.29) is 30.2 Å². The number of nitrogens with zero attached hydrogens (tertiary/aromatic N) is 5. The van der Waals surface area contributed by atoms with E-state index in [9.17, 15) is 14.4 Å². The number of carbonyl (C=O) groups excluding carboxylic acids is 2. The van der Waals surface area contributed by atoms with Gasteiger partial charge in [-0.3, -0.25) is 23.4 Å². The van der Waals surface area contributed by atoms with Crippen LogP contribution in [0.4, 0.5) is 5.13 Å². The summed E-state index contributed by atoms with van der Waals surface area (Å²) in [6, 6.07) is 7.17. The maximum Gasteiger partial charge on any atom is 0.263 e. The maximum absolute atomic E-state index is 12.8. The molecule has 0 spiro atoms. The first-order chi connectivity index (χ1) is 15.0. The number of benzene rings is 1. The van der Waals surface area contributed by atoms with E-state index in [1.165, 1.54) is 27.7 Å². The molecule has 0 aliphatic heterocycles. The summed E-state index contributed by atoms with van der Waals surface area (Å²) in [5, 5.41) is 14.1. The molecular formula is C19H17N7O3S2. The Bertz CT molecular complexity index is 1370. The molecule has 3 N–H and O–H groups in total. The Kier molecular flexibility index (Phi) is 5.82. The molecule has 0 unspecified atom stereocenters. The molecule has 0 atom stereocenters. The molecule has 0 saturated carbocycles. The number of nitrogens with one attached hydrogen (secondary N) is 1. The molecule has 3 heterocycles. The first-order valence-corrected chi connectivity index (χ1v) is 11.0. The third-order valence-electron chi connectivity index (χ3n) is 4.28. The van der Waals surface area contributed by atoms with Gasteiger partial charge in [-0.25, -0.2) is 4.98 Å². The fourth-order valence-electron chi connectivity index (χ4n) is 3.03. The minimum absolute atomic E-state index is 0.0202. The molecule has 158 valence electrons. The van der Waals surface area contributed by atoms with Gasteiger partial charge in [0.15, 0.2) is 10.3 Å². The molecule has 0 aliphatic rings. The van der Waals surface area contributed by atoms with Crippen molar-refractivity contribution < 1.29 is 9.59 Å². The summed E-state index contributed by atoms with van der Waals surface area (Å²) in [6.45, 7) is 3.99. The van der Waals surface area contributed by atoms with Gasteiger partial charge in [-0.1, -0.05) is 30.0 Å². The summed E-state index contributed by atoms with van der Waals surface area (Å²) < 4.78 is 3.24. The molecule has 10 nitrogen and oxygen atoms in total. The predicted octanol–water partition coefficient (Wildman–Crippen LogP) is 1.45. The molecule has 3 aromatic heterocycles. The van der Waals surface area contributed by atoms with Gasteiger partial charge in [-0.05, 0) is 12.1 Å². The van der Waals surface area contributed by atoms with Crippen molar-refractivity contribution in [2.75, 3.05) is 11.1 Å². The van der Waals surface area contributed by atoms with E-state index in [0.29, 0.717) is 32.7 Å². The van der Waals surface area contributed by atoms with Gasteiger partial charge >= 0.3 is 0 Å². The molecule has 0 bridgehead atoms. The van der Waals surface area contributed by atoms with Crippen molar-refractivity contribution >= 4 is 56.7 Å². The lowest BCUT2D eigenvalue weighted by atomic mass is 10.2. The zero-order valence-corrected chi connectivity index (χ0v) is 17.8. The van der Waals surface area contributed by atoms with Crippen LogP contribution in [0, 0.1) is 0 Å². The van der Waals surface area contributed by atoms with Gasteiger partial charge in [0.2, 0.25) is 17.6 Å². The molecule has 2 amide bonds. The topological polar surface area (TPSA) is 137 Å². The number of nitrogens with two attached hydrogens (primary N) is 1. The van der Waals surface area contributed by atoms with Crippen LogP contribution in [-0.4, -0.2) is 41.7 Å². The van der Waals surface area contributed by atoms with Crippen LogP contribution in [0.2, 0.25) is 0 Å². The summed E-state index contributed by atoms with van der Waals surface area (Å²) in [5.41, 5.74) is 6.14. The number of para-hydroxylation sites is 1.